The van der Waals surface area contributed by atoms with E-state index < -0.39 is 18.1 Å². The molecular formula is C14H15F3N4O4. The maximum atomic E-state index is 12.2. The van der Waals surface area contributed by atoms with Gasteiger partial charge in [0.2, 0.25) is 0 Å². The van der Waals surface area contributed by atoms with E-state index in [0.29, 0.717) is 0 Å². The summed E-state index contributed by atoms with van der Waals surface area (Å²) in [5.74, 6) is -1.04. The summed E-state index contributed by atoms with van der Waals surface area (Å²) in [6.07, 6.45) is -5.06. The first-order valence-electron chi connectivity index (χ1n) is 7.25. The lowest BCUT2D eigenvalue weighted by molar-refractivity contribution is -0.641. The number of fused-ring (bicyclic) bond motifs is 1. The zero-order chi connectivity index (χ0) is 18.6. The summed E-state index contributed by atoms with van der Waals surface area (Å²) in [5.41, 5.74) is -0.0710. The van der Waals surface area contributed by atoms with Gasteiger partial charge in [0, 0.05) is 6.54 Å². The molecule has 2 aromatic rings. The molecule has 11 heteroatoms. The van der Waals surface area contributed by atoms with E-state index in [1.807, 2.05) is 0 Å². The first-order chi connectivity index (χ1) is 11.6. The Balaban J connectivity index is 2.08. The molecule has 0 aliphatic heterocycles. The van der Waals surface area contributed by atoms with Crippen LogP contribution in [0.1, 0.15) is 20.3 Å². The monoisotopic (exact) mass is 360 g/mol. The molecule has 0 aliphatic carbocycles. The predicted molar refractivity (Wildman–Crippen MR) is 79.5 cm³/mol. The predicted octanol–water partition coefficient (Wildman–Crippen LogP) is 1.92. The van der Waals surface area contributed by atoms with E-state index in [1.165, 1.54) is 6.07 Å². The molecule has 0 saturated carbocycles. The molecule has 0 amide bonds. The van der Waals surface area contributed by atoms with E-state index >= 15 is 0 Å². The van der Waals surface area contributed by atoms with Crippen molar-refractivity contribution in [2.75, 3.05) is 11.9 Å². The van der Waals surface area contributed by atoms with E-state index in [4.69, 9.17) is 4.74 Å². The number of ether oxygens (including phenoxy) is 2. The zero-order valence-corrected chi connectivity index (χ0v) is 13.3. The molecule has 1 N–H and O–H groups in total. The molecule has 0 atom stereocenters. The lowest BCUT2D eigenvalue weighted by Crippen LogP contribution is -2.34. The van der Waals surface area contributed by atoms with Crippen molar-refractivity contribution in [2.45, 2.75) is 32.7 Å². The van der Waals surface area contributed by atoms with Crippen LogP contribution in [0.5, 0.6) is 5.75 Å². The lowest BCUT2D eigenvalue weighted by atomic mass is 10.3. The van der Waals surface area contributed by atoms with Crippen LogP contribution in [0.15, 0.2) is 18.2 Å². The summed E-state index contributed by atoms with van der Waals surface area (Å²) in [6.45, 7) is 3.57. The first-order valence-corrected chi connectivity index (χ1v) is 7.25. The van der Waals surface area contributed by atoms with Crippen LogP contribution in [0, 0.1) is 5.21 Å². The Morgan fingerprint density at radius 1 is 1.40 bits per heavy atom. The molecule has 0 aliphatic rings. The smallest absolute Gasteiger partial charge is 0.573 e. The fourth-order valence-electron chi connectivity index (χ4n) is 1.90. The topological polar surface area (TPSA) is 100 Å². The van der Waals surface area contributed by atoms with Crippen LogP contribution in [0.25, 0.3) is 11.0 Å². The number of hydrogen-bond donors (Lipinski definition) is 1. The molecule has 0 saturated heterocycles. The third kappa shape index (κ3) is 5.62. The highest BCUT2D eigenvalue weighted by molar-refractivity contribution is 5.73. The number of anilines is 1. The number of benzene rings is 1. The van der Waals surface area contributed by atoms with Crippen LogP contribution >= 0.6 is 0 Å². The van der Waals surface area contributed by atoms with Crippen molar-refractivity contribution in [3.8, 4) is 5.75 Å². The molecule has 25 heavy (non-hydrogen) atoms. The van der Waals surface area contributed by atoms with Gasteiger partial charge in [0.25, 0.3) is 11.5 Å². The normalized spacial score (nSPS) is 11.6. The molecule has 0 spiro atoms. The van der Waals surface area contributed by atoms with Crippen molar-refractivity contribution in [3.05, 3.63) is 23.4 Å². The van der Waals surface area contributed by atoms with Gasteiger partial charge in [-0.15, -0.1) is 13.2 Å². The minimum absolute atomic E-state index is 0.0385. The van der Waals surface area contributed by atoms with Gasteiger partial charge in [-0.25, -0.2) is 4.98 Å². The molecule has 136 valence electrons. The number of alkyl halides is 3. The van der Waals surface area contributed by atoms with Gasteiger partial charge in [0.1, 0.15) is 11.3 Å². The fourth-order valence-corrected chi connectivity index (χ4v) is 1.90. The average Bonchev–Trinajstić information content (AvgIpc) is 2.45. The second-order valence-electron chi connectivity index (χ2n) is 5.22. The molecule has 0 fully saturated rings. The maximum Gasteiger partial charge on any atom is 0.573 e. The van der Waals surface area contributed by atoms with Gasteiger partial charge in [-0.3, -0.25) is 4.79 Å². The molecule has 0 bridgehead atoms. The standard InChI is InChI=1S/C14H15F3N4O4/c1-8(2)24-12(22)5-6-18-13-19-10-4-3-9(25-14(15,16)17)7-11(10)21(23)20-13/h3-4,7-8H,5-6H2,1-2H3,(H,18,19,20). The van der Waals surface area contributed by atoms with Gasteiger partial charge in [-0.1, -0.05) is 0 Å². The zero-order valence-electron chi connectivity index (χ0n) is 13.3. The molecule has 0 unspecified atom stereocenters. The van der Waals surface area contributed by atoms with Crippen molar-refractivity contribution >= 4 is 23.0 Å². The molecule has 0 radical (unpaired) electrons. The van der Waals surface area contributed by atoms with Crippen LogP contribution in [-0.4, -0.2) is 35.1 Å². The van der Waals surface area contributed by atoms with Gasteiger partial charge < -0.3 is 20.0 Å². The van der Waals surface area contributed by atoms with Gasteiger partial charge in [0.15, 0.2) is 0 Å². The fraction of sp³-hybridized carbons (Fsp3) is 0.429. The Hall–Kier alpha value is -2.85. The summed E-state index contributed by atoms with van der Waals surface area (Å²) in [4.78, 5) is 15.5. The van der Waals surface area contributed by atoms with Crippen molar-refractivity contribution in [1.82, 2.24) is 10.1 Å². The SMILES string of the molecule is CC(C)OC(=O)CCNc1nc2ccc(OC(F)(F)F)cc2[n+]([O-])n1. The van der Waals surface area contributed by atoms with Gasteiger partial charge in [-0.2, -0.15) is 0 Å². The highest BCUT2D eigenvalue weighted by atomic mass is 19.4. The van der Waals surface area contributed by atoms with Crippen molar-refractivity contribution in [1.29, 1.82) is 0 Å². The van der Waals surface area contributed by atoms with Crippen LogP contribution in [0.3, 0.4) is 0 Å². The number of esters is 1. The summed E-state index contributed by atoms with van der Waals surface area (Å²) < 4.78 is 45.3. The number of halogens is 3. The molecule has 2 rings (SSSR count). The molecule has 1 aromatic heterocycles. The lowest BCUT2D eigenvalue weighted by Gasteiger charge is -2.10. The number of carbonyl (C=O) groups is 1. The number of aromatic nitrogens is 3. The Labute approximate surface area is 140 Å². The van der Waals surface area contributed by atoms with E-state index in [9.17, 15) is 23.2 Å². The van der Waals surface area contributed by atoms with Crippen LogP contribution in [0.2, 0.25) is 0 Å². The van der Waals surface area contributed by atoms with E-state index in [2.05, 4.69) is 20.1 Å². The van der Waals surface area contributed by atoms with Crippen molar-refractivity contribution < 1.29 is 32.3 Å². The first kappa shape index (κ1) is 18.5. The second-order valence-corrected chi connectivity index (χ2v) is 5.22. The van der Waals surface area contributed by atoms with Gasteiger partial charge >= 0.3 is 12.3 Å². The highest BCUT2D eigenvalue weighted by Crippen LogP contribution is 2.24. The quantitative estimate of drug-likeness (QED) is 0.477. The Kier molecular flexibility index (Phi) is 5.45. The average molecular weight is 360 g/mol. The number of hydrogen-bond acceptors (Lipinski definition) is 7. The Morgan fingerprint density at radius 3 is 2.76 bits per heavy atom. The van der Waals surface area contributed by atoms with E-state index in [-0.39, 0.29) is 40.9 Å². The summed E-state index contributed by atoms with van der Waals surface area (Å²) >= 11 is 0. The maximum absolute atomic E-state index is 12.2. The van der Waals surface area contributed by atoms with Crippen molar-refractivity contribution in [3.63, 3.8) is 0 Å². The molecule has 1 heterocycles. The third-order valence-corrected chi connectivity index (χ3v) is 2.78. The van der Waals surface area contributed by atoms with E-state index in [0.717, 1.165) is 12.1 Å². The van der Waals surface area contributed by atoms with Crippen molar-refractivity contribution in [2.24, 2.45) is 0 Å². The third-order valence-electron chi connectivity index (χ3n) is 2.78. The molecule has 1 aromatic carbocycles. The van der Waals surface area contributed by atoms with Gasteiger partial charge in [-0.05, 0) is 30.8 Å². The second kappa shape index (κ2) is 7.36. The molecular weight excluding hydrogens is 345 g/mol. The Morgan fingerprint density at radius 2 is 2.12 bits per heavy atom. The van der Waals surface area contributed by atoms with Gasteiger partial charge in [0.05, 0.1) is 23.7 Å². The van der Waals surface area contributed by atoms with Crippen LogP contribution < -0.4 is 14.9 Å². The number of carbonyl (C=O) groups excluding carboxylic acids is 1. The Bertz CT molecular complexity index is 768. The minimum Gasteiger partial charge on any atom is -0.594 e. The largest absolute Gasteiger partial charge is 0.594 e. The van der Waals surface area contributed by atoms with Crippen LogP contribution in [0.4, 0.5) is 19.1 Å². The summed E-state index contributed by atoms with van der Waals surface area (Å²) in [7, 11) is 0. The number of nitrogens with zero attached hydrogens (tertiary/aromatic N) is 3. The summed E-state index contributed by atoms with van der Waals surface area (Å²) in [6, 6.07) is 3.12. The minimum atomic E-state index is -4.87. The van der Waals surface area contributed by atoms with Crippen LogP contribution in [-0.2, 0) is 9.53 Å². The number of rotatable bonds is 6. The summed E-state index contributed by atoms with van der Waals surface area (Å²) in [5, 5.41) is 18.1. The van der Waals surface area contributed by atoms with E-state index in [1.54, 1.807) is 13.8 Å². The highest BCUT2D eigenvalue weighted by Gasteiger charge is 2.31. The number of nitrogens with one attached hydrogen (secondary N) is 1. The molecule has 8 nitrogen and oxygen atoms in total.